The number of nitrogens with one attached hydrogen (secondary N) is 1. The number of Topliss-reactive ketones (excluding diaryl/α,β-unsaturated/α-hetero) is 1. The summed E-state index contributed by atoms with van der Waals surface area (Å²) in [6.07, 6.45) is 3.95. The van der Waals surface area contributed by atoms with Crippen LogP contribution in [0, 0.1) is 34.0 Å². The van der Waals surface area contributed by atoms with E-state index in [9.17, 15) is 19.5 Å². The second kappa shape index (κ2) is 12.1. The molecule has 1 amide bonds. The highest BCUT2D eigenvalue weighted by Crippen LogP contribution is 2.68. The molecule has 9 nitrogen and oxygen atoms in total. The van der Waals surface area contributed by atoms with Crippen molar-refractivity contribution in [2.45, 2.75) is 82.4 Å². The van der Waals surface area contributed by atoms with Crippen LogP contribution in [-0.4, -0.2) is 50.9 Å². The van der Waals surface area contributed by atoms with E-state index in [0.29, 0.717) is 22.7 Å². The second-order valence-electron chi connectivity index (χ2n) is 13.1. The van der Waals surface area contributed by atoms with E-state index in [-0.39, 0.29) is 39.8 Å². The Morgan fingerprint density at radius 1 is 1.26 bits per heavy atom. The molecule has 1 aromatic carbocycles. The lowest BCUT2D eigenvalue weighted by molar-refractivity contribution is -0.205. The molecule has 2 bridgehead atoms. The Bertz CT molecular complexity index is 1390. The molecule has 11 heteroatoms. The minimum atomic E-state index is -0.850. The van der Waals surface area contributed by atoms with Gasteiger partial charge >= 0.3 is 5.97 Å². The van der Waals surface area contributed by atoms with Gasteiger partial charge in [0.1, 0.15) is 17.9 Å². The van der Waals surface area contributed by atoms with Crippen molar-refractivity contribution in [3.05, 3.63) is 48.6 Å². The number of ketones is 1. The number of carbonyl (C=O) groups excluding carboxylic acids is 3. The highest BCUT2D eigenvalue weighted by molar-refractivity contribution is 8.01. The Labute approximate surface area is 261 Å². The Kier molecular flexibility index (Phi) is 8.92. The van der Waals surface area contributed by atoms with Gasteiger partial charge in [-0.15, -0.1) is 16.8 Å². The van der Waals surface area contributed by atoms with Gasteiger partial charge in [0.25, 0.3) is 0 Å². The van der Waals surface area contributed by atoms with Crippen LogP contribution in [0.3, 0.4) is 0 Å². The molecule has 3 fully saturated rings. The molecular weight excluding hydrogens is 585 g/mol. The molecular formula is C32H42N4O5S2. The molecule has 0 radical (unpaired) electrons. The first kappa shape index (κ1) is 31.8. The number of hydrogen-bond acceptors (Lipinski definition) is 10. The summed E-state index contributed by atoms with van der Waals surface area (Å²) in [4.78, 5) is 39.6. The number of benzene rings is 1. The maximum atomic E-state index is 13.6. The zero-order valence-corrected chi connectivity index (χ0v) is 26.9. The molecule has 3 saturated carbocycles. The van der Waals surface area contributed by atoms with Crippen LogP contribution in [0.2, 0.25) is 0 Å². The molecule has 1 aromatic heterocycles. The quantitative estimate of drug-likeness (QED) is 0.156. The van der Waals surface area contributed by atoms with Crippen molar-refractivity contribution >= 4 is 45.9 Å². The van der Waals surface area contributed by atoms with Gasteiger partial charge in [-0.2, -0.15) is 0 Å². The summed E-state index contributed by atoms with van der Waals surface area (Å²) in [5, 5.41) is 22.8. The number of ether oxygens (including phenoxy) is 1. The third kappa shape index (κ3) is 5.58. The highest BCUT2D eigenvalue weighted by atomic mass is 32.2. The van der Waals surface area contributed by atoms with Crippen LogP contribution in [-0.2, 0) is 19.1 Å². The van der Waals surface area contributed by atoms with Gasteiger partial charge in [-0.3, -0.25) is 19.7 Å². The molecule has 2 aromatic rings. The molecule has 1 unspecified atom stereocenters. The minimum Gasteiger partial charge on any atom is -0.461 e. The summed E-state index contributed by atoms with van der Waals surface area (Å²) in [6.45, 7) is 12.4. The smallest absolute Gasteiger partial charge is 0.316 e. The summed E-state index contributed by atoms with van der Waals surface area (Å²) in [5.41, 5.74) is 5.19. The molecule has 5 rings (SSSR count). The molecule has 0 saturated heterocycles. The molecule has 0 spiro atoms. The van der Waals surface area contributed by atoms with Crippen molar-refractivity contribution in [2.75, 3.05) is 11.1 Å². The molecule has 1 heterocycles. The fraction of sp³-hybridized carbons (Fsp3) is 0.594. The van der Waals surface area contributed by atoms with E-state index < -0.39 is 41.0 Å². The number of amides is 1. The minimum absolute atomic E-state index is 0.0133. The molecule has 3 aliphatic rings. The Morgan fingerprint density at radius 2 is 1.98 bits per heavy atom. The lowest BCUT2D eigenvalue weighted by Gasteiger charge is -2.61. The first-order chi connectivity index (χ1) is 20.4. The maximum absolute atomic E-state index is 13.6. The van der Waals surface area contributed by atoms with E-state index in [2.05, 4.69) is 42.9 Å². The average Bonchev–Trinajstić information content (AvgIpc) is 3.60. The standard InChI is InChI=1S/C32H42N4O5S2/c1-6-30(4)16-22(31(5)18(2)12-14-32(19(3)26(30)39)15-13-21(37)25(31)32)41-23(38)17-42-29-36-35-28(43-29)34-27(40)24(33)20-10-8-7-9-11-20/h6-11,18-19,22,24-26,39H,1,12-17,33H2,2-5H3,(H,34,35,40)/t18-,19+,22-,24-,25-,26+,30?,31-,32-/m1/s1. The van der Waals surface area contributed by atoms with Crippen molar-refractivity contribution < 1.29 is 24.2 Å². The van der Waals surface area contributed by atoms with Crippen LogP contribution in [0.5, 0.6) is 0 Å². The van der Waals surface area contributed by atoms with E-state index in [1.165, 1.54) is 11.8 Å². The monoisotopic (exact) mass is 626 g/mol. The van der Waals surface area contributed by atoms with Crippen LogP contribution in [0.1, 0.15) is 71.4 Å². The number of anilines is 1. The zero-order valence-electron chi connectivity index (χ0n) is 25.2. The normalized spacial score (nSPS) is 36.1. The fourth-order valence-corrected chi connectivity index (χ4v) is 9.67. The van der Waals surface area contributed by atoms with Gasteiger partial charge in [0.05, 0.1) is 11.9 Å². The van der Waals surface area contributed by atoms with E-state index in [4.69, 9.17) is 10.5 Å². The number of aliphatic hydroxyl groups is 1. The van der Waals surface area contributed by atoms with Crippen molar-refractivity contribution in [2.24, 2.45) is 39.7 Å². The number of aromatic nitrogens is 2. The number of nitrogens with zero attached hydrogens (tertiary/aromatic N) is 2. The predicted octanol–water partition coefficient (Wildman–Crippen LogP) is 5.18. The largest absolute Gasteiger partial charge is 0.461 e. The van der Waals surface area contributed by atoms with Gasteiger partial charge in [-0.1, -0.05) is 87.2 Å². The van der Waals surface area contributed by atoms with E-state index >= 15 is 0 Å². The van der Waals surface area contributed by atoms with Crippen molar-refractivity contribution in [3.8, 4) is 0 Å². The summed E-state index contributed by atoms with van der Waals surface area (Å²) >= 11 is 2.33. The highest BCUT2D eigenvalue weighted by Gasteiger charge is 2.68. The Balaban J connectivity index is 1.30. The summed E-state index contributed by atoms with van der Waals surface area (Å²) < 4.78 is 6.79. The zero-order chi connectivity index (χ0) is 31.2. The third-order valence-corrected chi connectivity index (χ3v) is 12.9. The molecule has 9 atom stereocenters. The molecule has 4 N–H and O–H groups in total. The maximum Gasteiger partial charge on any atom is 0.316 e. The van der Waals surface area contributed by atoms with Crippen LogP contribution < -0.4 is 11.1 Å². The number of rotatable bonds is 8. The third-order valence-electron chi connectivity index (χ3n) is 11.0. The lowest BCUT2D eigenvalue weighted by atomic mass is 9.44. The van der Waals surface area contributed by atoms with E-state index in [1.54, 1.807) is 18.2 Å². The molecule has 3 aliphatic carbocycles. The van der Waals surface area contributed by atoms with Gasteiger partial charge in [-0.05, 0) is 48.5 Å². The lowest BCUT2D eigenvalue weighted by Crippen LogP contribution is -2.63. The van der Waals surface area contributed by atoms with Crippen LogP contribution in [0.4, 0.5) is 5.13 Å². The summed E-state index contributed by atoms with van der Waals surface area (Å²) in [6, 6.07) is 8.19. The molecule has 232 valence electrons. The van der Waals surface area contributed by atoms with E-state index in [1.807, 2.05) is 25.1 Å². The van der Waals surface area contributed by atoms with Crippen LogP contribution in [0.25, 0.3) is 0 Å². The van der Waals surface area contributed by atoms with Crippen molar-refractivity contribution in [1.29, 1.82) is 0 Å². The van der Waals surface area contributed by atoms with Gasteiger partial charge in [-0.25, -0.2) is 0 Å². The van der Waals surface area contributed by atoms with Gasteiger partial charge < -0.3 is 15.6 Å². The average molecular weight is 627 g/mol. The predicted molar refractivity (Wildman–Crippen MR) is 167 cm³/mol. The van der Waals surface area contributed by atoms with Gasteiger partial charge in [0.2, 0.25) is 11.0 Å². The molecule has 43 heavy (non-hydrogen) atoms. The van der Waals surface area contributed by atoms with Crippen LogP contribution in [0.15, 0.2) is 47.3 Å². The number of hydrogen-bond donors (Lipinski definition) is 3. The first-order valence-corrected chi connectivity index (χ1v) is 16.8. The van der Waals surface area contributed by atoms with Crippen molar-refractivity contribution in [3.63, 3.8) is 0 Å². The number of thioether (sulfide) groups is 1. The summed E-state index contributed by atoms with van der Waals surface area (Å²) in [7, 11) is 0. The first-order valence-electron chi connectivity index (χ1n) is 15.0. The SMILES string of the molecule is C=CC1(C)C[C@@H](OC(=O)CSc2nnc(NC(=O)[C@H](N)c3ccccc3)s2)[C@@]2(C)[C@H](C)CC[C@@]3(CCC(=O)[C@@H]32)[C@@H](C)[C@@H]1O. The topological polar surface area (TPSA) is 144 Å². The van der Waals surface area contributed by atoms with E-state index in [0.717, 1.165) is 30.6 Å². The van der Waals surface area contributed by atoms with Crippen LogP contribution >= 0.6 is 23.1 Å². The number of carbonyl (C=O) groups is 3. The second-order valence-corrected chi connectivity index (χ2v) is 15.3. The van der Waals surface area contributed by atoms with Gasteiger partial charge in [0.15, 0.2) is 4.34 Å². The Morgan fingerprint density at radius 3 is 2.67 bits per heavy atom. The fourth-order valence-electron chi connectivity index (χ4n) is 8.13. The van der Waals surface area contributed by atoms with Crippen molar-refractivity contribution in [1.82, 2.24) is 10.2 Å². The Hall–Kier alpha value is -2.60. The number of esters is 1. The number of nitrogens with two attached hydrogens (primary N) is 1. The van der Waals surface area contributed by atoms with Gasteiger partial charge in [0, 0.05) is 23.2 Å². The summed E-state index contributed by atoms with van der Waals surface area (Å²) in [5.74, 6) is -0.818. The number of aliphatic hydroxyl groups excluding tert-OH is 1. The molecule has 0 aliphatic heterocycles.